The Bertz CT molecular complexity index is 376. The third-order valence-electron chi connectivity index (χ3n) is 2.19. The number of nitrogens with zero attached hydrogens (tertiary/aromatic N) is 3. The molecule has 5 nitrogen and oxygen atoms in total. The van der Waals surface area contributed by atoms with Crippen molar-refractivity contribution in [3.8, 4) is 0 Å². The van der Waals surface area contributed by atoms with Crippen molar-refractivity contribution in [1.29, 1.82) is 0 Å². The van der Waals surface area contributed by atoms with Crippen molar-refractivity contribution >= 4 is 11.5 Å². The molecule has 5 heteroatoms. The van der Waals surface area contributed by atoms with Gasteiger partial charge in [0, 0.05) is 19.8 Å². The van der Waals surface area contributed by atoms with E-state index < -0.39 is 0 Å². The molecule has 0 unspecified atom stereocenters. The molecule has 0 saturated heterocycles. The molecule has 0 spiro atoms. The van der Waals surface area contributed by atoms with Crippen LogP contribution in [0.2, 0.25) is 0 Å². The van der Waals surface area contributed by atoms with Gasteiger partial charge in [-0.15, -0.1) is 0 Å². The molecule has 0 saturated carbocycles. The molecule has 0 fully saturated rings. The van der Waals surface area contributed by atoms with Gasteiger partial charge in [0.1, 0.15) is 5.69 Å². The number of pyridine rings is 1. The van der Waals surface area contributed by atoms with Crippen LogP contribution in [0.5, 0.6) is 0 Å². The number of rotatable bonds is 4. The Kier molecular flexibility index (Phi) is 4.10. The van der Waals surface area contributed by atoms with E-state index in [0.29, 0.717) is 11.6 Å². The van der Waals surface area contributed by atoms with E-state index in [1.165, 1.54) is 0 Å². The van der Waals surface area contributed by atoms with Crippen molar-refractivity contribution in [3.63, 3.8) is 0 Å². The van der Waals surface area contributed by atoms with Crippen LogP contribution in [0.25, 0.3) is 0 Å². The van der Waals surface area contributed by atoms with Gasteiger partial charge < -0.3 is 15.8 Å². The molecule has 0 radical (unpaired) electrons. The fraction of sp³-hybridized carbons (Fsp3) is 0.455. The van der Waals surface area contributed by atoms with Crippen LogP contribution in [0.15, 0.2) is 23.5 Å². The summed E-state index contributed by atoms with van der Waals surface area (Å²) in [4.78, 5) is 6.17. The number of anilines is 1. The average Bonchev–Trinajstić information content (AvgIpc) is 2.27. The van der Waals surface area contributed by atoms with Crippen LogP contribution < -0.4 is 10.6 Å². The fourth-order valence-electron chi connectivity index (χ4n) is 1.60. The van der Waals surface area contributed by atoms with Crippen LogP contribution in [0.3, 0.4) is 0 Å². The van der Waals surface area contributed by atoms with Gasteiger partial charge in [0.15, 0.2) is 5.84 Å². The van der Waals surface area contributed by atoms with Crippen molar-refractivity contribution in [2.24, 2.45) is 16.8 Å². The number of hydrogen-bond donors (Lipinski definition) is 2. The zero-order valence-corrected chi connectivity index (χ0v) is 9.88. The van der Waals surface area contributed by atoms with Gasteiger partial charge in [-0.3, -0.25) is 4.98 Å². The van der Waals surface area contributed by atoms with Crippen LogP contribution in [0.1, 0.15) is 19.5 Å². The normalized spacial score (nSPS) is 11.9. The van der Waals surface area contributed by atoms with Crippen LogP contribution in [0.4, 0.5) is 5.69 Å². The Balaban J connectivity index is 3.03. The molecule has 16 heavy (non-hydrogen) atoms. The molecular weight excluding hydrogens is 204 g/mol. The zero-order chi connectivity index (χ0) is 12.1. The van der Waals surface area contributed by atoms with Gasteiger partial charge in [-0.25, -0.2) is 0 Å². The quantitative estimate of drug-likeness (QED) is 0.348. The number of hydrogen-bond acceptors (Lipinski definition) is 4. The number of aromatic nitrogens is 1. The van der Waals surface area contributed by atoms with E-state index in [1.807, 2.05) is 24.1 Å². The fourth-order valence-corrected chi connectivity index (χ4v) is 1.60. The Morgan fingerprint density at radius 2 is 2.31 bits per heavy atom. The van der Waals surface area contributed by atoms with E-state index in [0.717, 1.165) is 12.2 Å². The summed E-state index contributed by atoms with van der Waals surface area (Å²) in [6.45, 7) is 5.16. The van der Waals surface area contributed by atoms with Gasteiger partial charge in [-0.1, -0.05) is 19.0 Å². The molecule has 0 atom stereocenters. The predicted octanol–water partition coefficient (Wildman–Crippen LogP) is 1.27. The smallest absolute Gasteiger partial charge is 0.190 e. The summed E-state index contributed by atoms with van der Waals surface area (Å²) < 4.78 is 0. The van der Waals surface area contributed by atoms with E-state index in [9.17, 15) is 0 Å². The second-order valence-electron chi connectivity index (χ2n) is 4.13. The third kappa shape index (κ3) is 2.85. The highest BCUT2D eigenvalue weighted by Gasteiger charge is 2.12. The largest absolute Gasteiger partial charge is 0.409 e. The minimum Gasteiger partial charge on any atom is -0.409 e. The van der Waals surface area contributed by atoms with Gasteiger partial charge in [0.05, 0.1) is 5.69 Å². The molecule has 0 amide bonds. The summed E-state index contributed by atoms with van der Waals surface area (Å²) in [7, 11) is 1.96. The molecular formula is C11H18N4O. The Hall–Kier alpha value is -1.78. The molecule has 0 bridgehead atoms. The number of oxime groups is 1. The van der Waals surface area contributed by atoms with Gasteiger partial charge in [0.2, 0.25) is 0 Å². The maximum Gasteiger partial charge on any atom is 0.190 e. The lowest BCUT2D eigenvalue weighted by Gasteiger charge is -2.23. The summed E-state index contributed by atoms with van der Waals surface area (Å²) in [5, 5.41) is 11.7. The lowest BCUT2D eigenvalue weighted by Crippen LogP contribution is -2.27. The molecule has 1 rings (SSSR count). The highest BCUT2D eigenvalue weighted by atomic mass is 16.4. The highest BCUT2D eigenvalue weighted by Crippen LogP contribution is 2.17. The zero-order valence-electron chi connectivity index (χ0n) is 9.88. The maximum atomic E-state index is 8.68. The molecule has 88 valence electrons. The molecule has 1 aromatic heterocycles. The molecule has 3 N–H and O–H groups in total. The lowest BCUT2D eigenvalue weighted by molar-refractivity contribution is 0.318. The average molecular weight is 222 g/mol. The van der Waals surface area contributed by atoms with Crippen molar-refractivity contribution in [1.82, 2.24) is 4.98 Å². The monoisotopic (exact) mass is 222 g/mol. The van der Waals surface area contributed by atoms with E-state index in [1.54, 1.807) is 6.20 Å². The van der Waals surface area contributed by atoms with Gasteiger partial charge in [-0.2, -0.15) is 0 Å². The summed E-state index contributed by atoms with van der Waals surface area (Å²) >= 11 is 0. The van der Waals surface area contributed by atoms with Crippen LogP contribution in [-0.2, 0) is 0 Å². The van der Waals surface area contributed by atoms with Gasteiger partial charge >= 0.3 is 0 Å². The molecule has 0 aliphatic rings. The first kappa shape index (κ1) is 12.3. The summed E-state index contributed by atoms with van der Waals surface area (Å²) in [6, 6.07) is 3.74. The maximum absolute atomic E-state index is 8.68. The minimum absolute atomic E-state index is 0.0335. The Morgan fingerprint density at radius 3 is 2.88 bits per heavy atom. The van der Waals surface area contributed by atoms with Crippen molar-refractivity contribution in [3.05, 3.63) is 24.0 Å². The highest BCUT2D eigenvalue weighted by molar-refractivity contribution is 6.00. The predicted molar refractivity (Wildman–Crippen MR) is 64.9 cm³/mol. The standard InChI is InChI=1S/C11H18N4O/c1-8(2)7-15(3)9-5-4-6-13-10(9)11(12)14-16/h4-6,8,16H,7H2,1-3H3,(H2,12,14). The van der Waals surface area contributed by atoms with E-state index in [4.69, 9.17) is 10.9 Å². The van der Waals surface area contributed by atoms with Crippen molar-refractivity contribution < 1.29 is 5.21 Å². The third-order valence-corrected chi connectivity index (χ3v) is 2.19. The second kappa shape index (κ2) is 5.34. The van der Waals surface area contributed by atoms with Crippen molar-refractivity contribution in [2.45, 2.75) is 13.8 Å². The topological polar surface area (TPSA) is 74.7 Å². The van der Waals surface area contributed by atoms with Gasteiger partial charge in [-0.05, 0) is 18.1 Å². The van der Waals surface area contributed by atoms with E-state index in [2.05, 4.69) is 24.0 Å². The Labute approximate surface area is 95.6 Å². The molecule has 1 aromatic rings. The molecule has 0 aromatic carbocycles. The Morgan fingerprint density at radius 1 is 1.62 bits per heavy atom. The second-order valence-corrected chi connectivity index (χ2v) is 4.13. The SMILES string of the molecule is CC(C)CN(C)c1cccnc1/C(N)=N/O. The van der Waals surface area contributed by atoms with Crippen LogP contribution >= 0.6 is 0 Å². The van der Waals surface area contributed by atoms with E-state index >= 15 is 0 Å². The first-order chi connectivity index (χ1) is 7.56. The molecule has 1 heterocycles. The van der Waals surface area contributed by atoms with Crippen LogP contribution in [-0.4, -0.2) is 29.6 Å². The lowest BCUT2D eigenvalue weighted by atomic mass is 10.2. The van der Waals surface area contributed by atoms with E-state index in [-0.39, 0.29) is 5.84 Å². The summed E-state index contributed by atoms with van der Waals surface area (Å²) in [6.07, 6.45) is 1.63. The first-order valence-electron chi connectivity index (χ1n) is 5.20. The minimum atomic E-state index is 0.0335. The molecule has 0 aliphatic heterocycles. The summed E-state index contributed by atoms with van der Waals surface area (Å²) in [5.41, 5.74) is 6.95. The van der Waals surface area contributed by atoms with Crippen molar-refractivity contribution in [2.75, 3.05) is 18.5 Å². The van der Waals surface area contributed by atoms with Crippen LogP contribution in [0, 0.1) is 5.92 Å². The number of amidine groups is 1. The summed E-state index contributed by atoms with van der Waals surface area (Å²) in [5.74, 6) is 0.566. The molecule has 0 aliphatic carbocycles. The first-order valence-corrected chi connectivity index (χ1v) is 5.20. The number of nitrogens with two attached hydrogens (primary N) is 1. The van der Waals surface area contributed by atoms with Gasteiger partial charge in [0.25, 0.3) is 0 Å².